The molecule has 0 bridgehead atoms. The van der Waals surface area contributed by atoms with Gasteiger partial charge < -0.3 is 9.64 Å². The average Bonchev–Trinajstić information content (AvgIpc) is 2.70. The number of piperidine rings is 1. The minimum atomic E-state index is 0.236. The summed E-state index contributed by atoms with van der Waals surface area (Å²) < 4.78 is 5.32. The molecule has 158 valence electrons. The normalized spacial score (nSPS) is 16.3. The Bertz CT molecular complexity index is 721. The number of nitrogens with zero attached hydrogens (tertiary/aromatic N) is 3. The fraction of sp³-hybridized carbons (Fsp3) is 0.560. The summed E-state index contributed by atoms with van der Waals surface area (Å²) in [6, 6.07) is 12.7. The Morgan fingerprint density at radius 2 is 1.59 bits per heavy atom. The molecule has 1 fully saturated rings. The van der Waals surface area contributed by atoms with Crippen LogP contribution in [0.2, 0.25) is 0 Å². The highest BCUT2D eigenvalue weighted by atomic mass is 16.5. The zero-order chi connectivity index (χ0) is 20.7. The van der Waals surface area contributed by atoms with E-state index in [2.05, 4.69) is 72.0 Å². The topological polar surface area (TPSA) is 28.6 Å². The van der Waals surface area contributed by atoms with Crippen LogP contribution < -0.4 is 4.74 Å². The summed E-state index contributed by atoms with van der Waals surface area (Å²) in [6.45, 7) is 13.8. The molecule has 1 aliphatic rings. The van der Waals surface area contributed by atoms with Crippen LogP contribution in [0.1, 0.15) is 44.7 Å². The predicted octanol–water partition coefficient (Wildman–Crippen LogP) is 4.85. The van der Waals surface area contributed by atoms with Gasteiger partial charge in [0.05, 0.1) is 7.11 Å². The summed E-state index contributed by atoms with van der Waals surface area (Å²) in [6.07, 6.45) is 6.45. The molecule has 0 saturated carbocycles. The lowest BCUT2D eigenvalue weighted by Gasteiger charge is -2.39. The molecule has 0 atom stereocenters. The highest BCUT2D eigenvalue weighted by Crippen LogP contribution is 2.25. The molecule has 1 saturated heterocycles. The number of ether oxygens (including phenoxy) is 1. The van der Waals surface area contributed by atoms with Crippen LogP contribution in [0.15, 0.2) is 48.8 Å². The van der Waals surface area contributed by atoms with E-state index in [1.165, 1.54) is 37.1 Å². The third-order valence-corrected chi connectivity index (χ3v) is 5.90. The van der Waals surface area contributed by atoms with Crippen molar-refractivity contribution in [1.82, 2.24) is 14.8 Å². The maximum absolute atomic E-state index is 5.32. The van der Waals surface area contributed by atoms with Crippen LogP contribution in [-0.2, 0) is 13.1 Å². The van der Waals surface area contributed by atoms with E-state index >= 15 is 0 Å². The van der Waals surface area contributed by atoms with E-state index in [4.69, 9.17) is 4.74 Å². The first-order valence-electron chi connectivity index (χ1n) is 10.9. The van der Waals surface area contributed by atoms with Crippen molar-refractivity contribution in [3.8, 4) is 5.75 Å². The van der Waals surface area contributed by atoms with E-state index in [9.17, 15) is 0 Å². The van der Waals surface area contributed by atoms with Crippen molar-refractivity contribution >= 4 is 0 Å². The molecule has 29 heavy (non-hydrogen) atoms. The summed E-state index contributed by atoms with van der Waals surface area (Å²) in [7, 11) is 1.72. The third kappa shape index (κ3) is 7.13. The molecular formula is C25H37N3O. The molecule has 0 amide bonds. The van der Waals surface area contributed by atoms with Gasteiger partial charge in [-0.3, -0.25) is 9.88 Å². The Labute approximate surface area is 176 Å². The number of likely N-dealkylation sites (tertiary alicyclic amines) is 1. The number of rotatable bonds is 9. The van der Waals surface area contributed by atoms with Crippen molar-refractivity contribution in [2.45, 2.75) is 46.7 Å². The average molecular weight is 396 g/mol. The molecule has 0 radical (unpaired) electrons. The van der Waals surface area contributed by atoms with E-state index in [-0.39, 0.29) is 5.41 Å². The Balaban J connectivity index is 1.67. The third-order valence-electron chi connectivity index (χ3n) is 5.90. The molecule has 2 heterocycles. The van der Waals surface area contributed by atoms with E-state index in [1.54, 1.807) is 7.11 Å². The van der Waals surface area contributed by atoms with Crippen LogP contribution in [-0.4, -0.2) is 48.1 Å². The maximum atomic E-state index is 5.32. The summed E-state index contributed by atoms with van der Waals surface area (Å²) >= 11 is 0. The molecule has 4 heteroatoms. The molecular weight excluding hydrogens is 358 g/mol. The van der Waals surface area contributed by atoms with Gasteiger partial charge >= 0.3 is 0 Å². The van der Waals surface area contributed by atoms with Crippen molar-refractivity contribution in [2.75, 3.05) is 33.3 Å². The fourth-order valence-corrected chi connectivity index (χ4v) is 4.38. The minimum absolute atomic E-state index is 0.236. The lowest BCUT2D eigenvalue weighted by molar-refractivity contribution is 0.0913. The summed E-state index contributed by atoms with van der Waals surface area (Å²) in [5.41, 5.74) is 2.87. The molecule has 0 unspecified atom stereocenters. The second-order valence-corrected chi connectivity index (χ2v) is 9.47. The van der Waals surface area contributed by atoms with Gasteiger partial charge in [-0.2, -0.15) is 0 Å². The lowest BCUT2D eigenvalue weighted by atomic mass is 9.89. The van der Waals surface area contributed by atoms with E-state index in [0.717, 1.165) is 37.8 Å². The number of hydrogen-bond acceptors (Lipinski definition) is 4. The number of pyridine rings is 1. The standard InChI is InChI=1S/C25H37N3O/c1-21-11-15-27(16-12-21)19-25(2,3)20-28(18-23-9-13-26-14-10-23)17-22-5-7-24(29-4)8-6-22/h5-10,13-14,21H,11-12,15-20H2,1-4H3. The first kappa shape index (κ1) is 21.8. The SMILES string of the molecule is COc1ccc(CN(Cc2ccncc2)CC(C)(C)CN2CCC(C)CC2)cc1. The van der Waals surface area contributed by atoms with E-state index < -0.39 is 0 Å². The monoisotopic (exact) mass is 395 g/mol. The molecule has 3 rings (SSSR count). The van der Waals surface area contributed by atoms with Crippen molar-refractivity contribution in [3.63, 3.8) is 0 Å². The molecule has 1 aromatic heterocycles. The summed E-state index contributed by atoms with van der Waals surface area (Å²) in [5, 5.41) is 0. The number of hydrogen-bond donors (Lipinski definition) is 0. The second-order valence-electron chi connectivity index (χ2n) is 9.47. The first-order chi connectivity index (χ1) is 13.9. The van der Waals surface area contributed by atoms with Crippen molar-refractivity contribution in [3.05, 3.63) is 59.9 Å². The van der Waals surface area contributed by atoms with Gasteiger partial charge in [-0.1, -0.05) is 32.9 Å². The summed E-state index contributed by atoms with van der Waals surface area (Å²) in [5.74, 6) is 1.79. The van der Waals surface area contributed by atoms with Gasteiger partial charge in [0.1, 0.15) is 5.75 Å². The predicted molar refractivity (Wildman–Crippen MR) is 120 cm³/mol. The van der Waals surface area contributed by atoms with Crippen LogP contribution in [0.25, 0.3) is 0 Å². The van der Waals surface area contributed by atoms with E-state index in [0.29, 0.717) is 0 Å². The van der Waals surface area contributed by atoms with Gasteiger partial charge in [0, 0.05) is 38.6 Å². The smallest absolute Gasteiger partial charge is 0.118 e. The Hall–Kier alpha value is -1.91. The Morgan fingerprint density at radius 3 is 2.17 bits per heavy atom. The quantitative estimate of drug-likeness (QED) is 0.607. The van der Waals surface area contributed by atoms with Gasteiger partial charge in [0.2, 0.25) is 0 Å². The zero-order valence-electron chi connectivity index (χ0n) is 18.6. The van der Waals surface area contributed by atoms with Crippen LogP contribution in [0.5, 0.6) is 5.75 Å². The molecule has 4 nitrogen and oxygen atoms in total. The molecule has 0 spiro atoms. The van der Waals surface area contributed by atoms with Crippen LogP contribution in [0, 0.1) is 11.3 Å². The molecule has 1 aliphatic heterocycles. The Kier molecular flexibility index (Phi) is 7.68. The zero-order valence-corrected chi connectivity index (χ0v) is 18.6. The molecule has 0 aliphatic carbocycles. The maximum Gasteiger partial charge on any atom is 0.118 e. The molecule has 2 aromatic rings. The number of aromatic nitrogens is 1. The van der Waals surface area contributed by atoms with Gasteiger partial charge in [-0.25, -0.2) is 0 Å². The van der Waals surface area contributed by atoms with Crippen molar-refractivity contribution in [2.24, 2.45) is 11.3 Å². The van der Waals surface area contributed by atoms with Crippen LogP contribution in [0.4, 0.5) is 0 Å². The van der Waals surface area contributed by atoms with Crippen molar-refractivity contribution < 1.29 is 4.74 Å². The highest BCUT2D eigenvalue weighted by molar-refractivity contribution is 5.27. The number of benzene rings is 1. The van der Waals surface area contributed by atoms with Gasteiger partial charge in [-0.05, 0) is 72.7 Å². The lowest BCUT2D eigenvalue weighted by Crippen LogP contribution is -2.44. The minimum Gasteiger partial charge on any atom is -0.497 e. The Morgan fingerprint density at radius 1 is 1.00 bits per heavy atom. The van der Waals surface area contributed by atoms with E-state index in [1.807, 2.05) is 12.4 Å². The largest absolute Gasteiger partial charge is 0.497 e. The van der Waals surface area contributed by atoms with Gasteiger partial charge in [0.15, 0.2) is 0 Å². The fourth-order valence-electron chi connectivity index (χ4n) is 4.38. The first-order valence-corrected chi connectivity index (χ1v) is 10.9. The van der Waals surface area contributed by atoms with Crippen LogP contribution in [0.3, 0.4) is 0 Å². The van der Waals surface area contributed by atoms with Gasteiger partial charge in [0.25, 0.3) is 0 Å². The summed E-state index contributed by atoms with van der Waals surface area (Å²) in [4.78, 5) is 9.41. The highest BCUT2D eigenvalue weighted by Gasteiger charge is 2.27. The number of methoxy groups -OCH3 is 1. The van der Waals surface area contributed by atoms with Crippen molar-refractivity contribution in [1.29, 1.82) is 0 Å². The second kappa shape index (κ2) is 10.2. The molecule has 1 aromatic carbocycles. The molecule has 0 N–H and O–H groups in total. The van der Waals surface area contributed by atoms with Gasteiger partial charge in [-0.15, -0.1) is 0 Å². The van der Waals surface area contributed by atoms with Crippen LogP contribution >= 0.6 is 0 Å².